The van der Waals surface area contributed by atoms with Crippen molar-refractivity contribution in [3.05, 3.63) is 53.3 Å². The first-order valence-electron chi connectivity index (χ1n) is 8.34. The molecule has 1 aromatic carbocycles. The third kappa shape index (κ3) is 5.83. The molecule has 2 rings (SSSR count). The molecule has 0 spiro atoms. The molecule has 0 atom stereocenters. The largest absolute Gasteiger partial charge is 0.390 e. The molecule has 0 fully saturated rings. The summed E-state index contributed by atoms with van der Waals surface area (Å²) in [7, 11) is 3.52. The number of hydrogen-bond acceptors (Lipinski definition) is 5. The van der Waals surface area contributed by atoms with Gasteiger partial charge in [-0.1, -0.05) is 12.1 Å². The van der Waals surface area contributed by atoms with E-state index in [0.717, 1.165) is 17.5 Å². The molecule has 0 saturated heterocycles. The first-order chi connectivity index (χ1) is 11.8. The van der Waals surface area contributed by atoms with Crippen LogP contribution in [0.4, 0.5) is 5.95 Å². The van der Waals surface area contributed by atoms with Crippen LogP contribution in [-0.2, 0) is 13.0 Å². The lowest BCUT2D eigenvalue weighted by Gasteiger charge is -2.18. The topological polar surface area (TPSA) is 78.4 Å². The van der Waals surface area contributed by atoms with Crippen molar-refractivity contribution in [3.63, 3.8) is 0 Å². The van der Waals surface area contributed by atoms with Gasteiger partial charge >= 0.3 is 0 Å². The molecule has 1 amide bonds. The Morgan fingerprint density at radius 3 is 2.28 bits per heavy atom. The lowest BCUT2D eigenvalue weighted by molar-refractivity contribution is 0.0713. The maximum Gasteiger partial charge on any atom is 0.253 e. The Morgan fingerprint density at radius 2 is 1.76 bits per heavy atom. The molecule has 2 N–H and O–H groups in total. The van der Waals surface area contributed by atoms with E-state index in [-0.39, 0.29) is 5.91 Å². The molecule has 0 bridgehead atoms. The molecule has 0 saturated carbocycles. The molecule has 0 aliphatic carbocycles. The van der Waals surface area contributed by atoms with Crippen LogP contribution in [0.25, 0.3) is 0 Å². The third-order valence-electron chi connectivity index (χ3n) is 3.92. The van der Waals surface area contributed by atoms with Gasteiger partial charge in [-0.25, -0.2) is 9.97 Å². The molecule has 6 nitrogen and oxygen atoms in total. The number of aryl methyl sites for hydroxylation is 1. The van der Waals surface area contributed by atoms with Gasteiger partial charge in [0.25, 0.3) is 5.91 Å². The first kappa shape index (κ1) is 18.9. The molecule has 25 heavy (non-hydrogen) atoms. The Morgan fingerprint density at radius 1 is 1.16 bits per heavy atom. The number of carbonyl (C=O) groups excluding carboxylic acids is 1. The number of hydrogen-bond donors (Lipinski definition) is 2. The number of nitrogens with one attached hydrogen (secondary N) is 1. The fourth-order valence-electron chi connectivity index (χ4n) is 2.40. The van der Waals surface area contributed by atoms with Gasteiger partial charge in [-0.05, 0) is 44.4 Å². The summed E-state index contributed by atoms with van der Waals surface area (Å²) in [4.78, 5) is 22.5. The Kier molecular flexibility index (Phi) is 6.09. The van der Waals surface area contributed by atoms with Gasteiger partial charge in [-0.3, -0.25) is 4.79 Å². The summed E-state index contributed by atoms with van der Waals surface area (Å²) in [5, 5.41) is 12.7. The molecular formula is C19H26N4O2. The van der Waals surface area contributed by atoms with Gasteiger partial charge in [0.2, 0.25) is 5.95 Å². The summed E-state index contributed by atoms with van der Waals surface area (Å²) < 4.78 is 0. The first-order valence-corrected chi connectivity index (χ1v) is 8.34. The van der Waals surface area contributed by atoms with Crippen molar-refractivity contribution in [2.24, 2.45) is 0 Å². The summed E-state index contributed by atoms with van der Waals surface area (Å²) in [6.07, 6.45) is 4.89. The molecule has 1 heterocycles. The lowest BCUT2D eigenvalue weighted by Crippen LogP contribution is -2.26. The number of nitrogens with zero attached hydrogens (tertiary/aromatic N) is 3. The van der Waals surface area contributed by atoms with Gasteiger partial charge in [-0.15, -0.1) is 0 Å². The van der Waals surface area contributed by atoms with Crippen LogP contribution in [0, 0.1) is 0 Å². The number of rotatable bonds is 7. The van der Waals surface area contributed by atoms with E-state index < -0.39 is 5.60 Å². The molecular weight excluding hydrogens is 316 g/mol. The normalized spacial score (nSPS) is 11.2. The third-order valence-corrected chi connectivity index (χ3v) is 3.92. The molecule has 0 aliphatic heterocycles. The van der Waals surface area contributed by atoms with E-state index in [9.17, 15) is 9.90 Å². The molecule has 0 aliphatic rings. The minimum Gasteiger partial charge on any atom is -0.390 e. The minimum atomic E-state index is -0.681. The van der Waals surface area contributed by atoms with Crippen LogP contribution < -0.4 is 5.32 Å². The Labute approximate surface area is 148 Å². The van der Waals surface area contributed by atoms with E-state index in [0.29, 0.717) is 24.5 Å². The Hall–Kier alpha value is -2.47. The maximum absolute atomic E-state index is 12.5. The smallest absolute Gasteiger partial charge is 0.253 e. The SMILES string of the molecule is CNc1ncc(CN(C)C(=O)c2ccc(CCC(C)(C)O)cc2)cn1. The predicted molar refractivity (Wildman–Crippen MR) is 98.4 cm³/mol. The Balaban J connectivity index is 1.96. The highest BCUT2D eigenvalue weighted by molar-refractivity contribution is 5.94. The second kappa shape index (κ2) is 8.07. The number of benzene rings is 1. The summed E-state index contributed by atoms with van der Waals surface area (Å²) >= 11 is 0. The summed E-state index contributed by atoms with van der Waals surface area (Å²) in [5.74, 6) is 0.506. The van der Waals surface area contributed by atoms with Gasteiger partial charge in [-0.2, -0.15) is 0 Å². The van der Waals surface area contributed by atoms with Crippen LogP contribution in [0.3, 0.4) is 0 Å². The average molecular weight is 342 g/mol. The van der Waals surface area contributed by atoms with Crippen molar-refractivity contribution in [2.75, 3.05) is 19.4 Å². The van der Waals surface area contributed by atoms with Crippen molar-refractivity contribution in [1.29, 1.82) is 0 Å². The van der Waals surface area contributed by atoms with Crippen LogP contribution in [0.2, 0.25) is 0 Å². The lowest BCUT2D eigenvalue weighted by atomic mass is 9.98. The van der Waals surface area contributed by atoms with Crippen molar-refractivity contribution in [3.8, 4) is 0 Å². The number of aliphatic hydroxyl groups is 1. The van der Waals surface area contributed by atoms with E-state index in [2.05, 4.69) is 15.3 Å². The number of amides is 1. The van der Waals surface area contributed by atoms with Crippen LogP contribution in [0.5, 0.6) is 0 Å². The molecule has 6 heteroatoms. The fraction of sp³-hybridized carbons (Fsp3) is 0.421. The average Bonchev–Trinajstić information content (AvgIpc) is 2.60. The van der Waals surface area contributed by atoms with E-state index in [1.54, 1.807) is 45.2 Å². The van der Waals surface area contributed by atoms with E-state index in [4.69, 9.17) is 0 Å². The molecule has 2 aromatic rings. The number of anilines is 1. The van der Waals surface area contributed by atoms with E-state index in [1.165, 1.54) is 0 Å². The van der Waals surface area contributed by atoms with Gasteiger partial charge in [0.15, 0.2) is 0 Å². The zero-order valence-electron chi connectivity index (χ0n) is 15.3. The van der Waals surface area contributed by atoms with Gasteiger partial charge in [0.05, 0.1) is 5.60 Å². The molecule has 0 radical (unpaired) electrons. The molecule has 134 valence electrons. The zero-order chi connectivity index (χ0) is 18.4. The minimum absolute atomic E-state index is 0.0493. The van der Waals surface area contributed by atoms with Crippen molar-refractivity contribution in [2.45, 2.75) is 38.8 Å². The van der Waals surface area contributed by atoms with Crippen LogP contribution in [-0.4, -0.2) is 45.6 Å². The standard InChI is InChI=1S/C19H26N4O2/c1-19(2,25)10-9-14-5-7-16(8-6-14)17(24)23(4)13-15-11-21-18(20-3)22-12-15/h5-8,11-12,25H,9-10,13H2,1-4H3,(H,20,21,22). The number of carbonyl (C=O) groups is 1. The second-order valence-electron chi connectivity index (χ2n) is 6.84. The van der Waals surface area contributed by atoms with Crippen LogP contribution in [0.15, 0.2) is 36.7 Å². The fourth-order valence-corrected chi connectivity index (χ4v) is 2.40. The number of aromatic nitrogens is 2. The second-order valence-corrected chi connectivity index (χ2v) is 6.84. The zero-order valence-corrected chi connectivity index (χ0v) is 15.3. The highest BCUT2D eigenvalue weighted by atomic mass is 16.3. The molecule has 1 aromatic heterocycles. The van der Waals surface area contributed by atoms with Gasteiger partial charge < -0.3 is 15.3 Å². The summed E-state index contributed by atoms with van der Waals surface area (Å²) in [6.45, 7) is 4.04. The Bertz CT molecular complexity index is 691. The highest BCUT2D eigenvalue weighted by Crippen LogP contribution is 2.15. The van der Waals surface area contributed by atoms with Gasteiger partial charge in [0.1, 0.15) is 0 Å². The van der Waals surface area contributed by atoms with Crippen LogP contribution >= 0.6 is 0 Å². The quantitative estimate of drug-likeness (QED) is 0.808. The van der Waals surface area contributed by atoms with E-state index >= 15 is 0 Å². The highest BCUT2D eigenvalue weighted by Gasteiger charge is 2.14. The van der Waals surface area contributed by atoms with Gasteiger partial charge in [0, 0.05) is 44.2 Å². The monoisotopic (exact) mass is 342 g/mol. The van der Waals surface area contributed by atoms with Crippen molar-refractivity contribution in [1.82, 2.24) is 14.9 Å². The summed E-state index contributed by atoms with van der Waals surface area (Å²) in [6, 6.07) is 7.55. The van der Waals surface area contributed by atoms with Crippen LogP contribution in [0.1, 0.15) is 41.8 Å². The predicted octanol–water partition coefficient (Wildman–Crippen LogP) is 2.49. The summed E-state index contributed by atoms with van der Waals surface area (Å²) in [5.41, 5.74) is 1.94. The van der Waals surface area contributed by atoms with Crippen molar-refractivity contribution < 1.29 is 9.90 Å². The van der Waals surface area contributed by atoms with Crippen molar-refractivity contribution >= 4 is 11.9 Å². The molecule has 0 unspecified atom stereocenters. The maximum atomic E-state index is 12.5. The van der Waals surface area contributed by atoms with E-state index in [1.807, 2.05) is 24.3 Å².